The van der Waals surface area contributed by atoms with Gasteiger partial charge >= 0.3 is 11.9 Å². The number of aliphatic hydroxyl groups is 1. The van der Waals surface area contributed by atoms with E-state index in [0.29, 0.717) is 0 Å². The van der Waals surface area contributed by atoms with Crippen LogP contribution in [0.4, 0.5) is 0 Å². The molecule has 10 heteroatoms. The second-order valence-electron chi connectivity index (χ2n) is 11.8. The Morgan fingerprint density at radius 3 is 2.33 bits per heavy atom. The zero-order chi connectivity index (χ0) is 29.6. The van der Waals surface area contributed by atoms with Gasteiger partial charge in [-0.25, -0.2) is 4.79 Å². The zero-order valence-electron chi connectivity index (χ0n) is 24.1. The van der Waals surface area contributed by atoms with Crippen LogP contribution >= 0.6 is 0 Å². The highest BCUT2D eigenvalue weighted by molar-refractivity contribution is 5.93. The van der Waals surface area contributed by atoms with E-state index in [-0.39, 0.29) is 43.4 Å². The first-order valence-corrected chi connectivity index (χ1v) is 13.8. The Bertz CT molecular complexity index is 1080. The molecule has 40 heavy (non-hydrogen) atoms. The second-order valence-corrected chi connectivity index (χ2v) is 11.8. The van der Waals surface area contributed by atoms with Gasteiger partial charge in [-0.1, -0.05) is 57.2 Å². The summed E-state index contributed by atoms with van der Waals surface area (Å²) in [5.74, 6) is -2.81. The third-order valence-electron chi connectivity index (χ3n) is 7.18. The molecule has 3 N–H and O–H groups in total. The van der Waals surface area contributed by atoms with Crippen LogP contribution in [0.15, 0.2) is 42.5 Å². The molecule has 1 saturated heterocycles. The van der Waals surface area contributed by atoms with Crippen LogP contribution in [0.25, 0.3) is 0 Å². The third-order valence-corrected chi connectivity index (χ3v) is 7.18. The first-order valence-electron chi connectivity index (χ1n) is 13.8. The molecular weight excluding hydrogens is 516 g/mol. The van der Waals surface area contributed by atoms with Gasteiger partial charge in [0.25, 0.3) is 0 Å². The molecule has 1 aromatic carbocycles. The van der Waals surface area contributed by atoms with Gasteiger partial charge in [-0.05, 0) is 44.7 Å². The van der Waals surface area contributed by atoms with Gasteiger partial charge in [0.2, 0.25) is 11.8 Å². The molecule has 0 aliphatic carbocycles. The van der Waals surface area contributed by atoms with Crippen molar-refractivity contribution >= 4 is 23.8 Å². The SMILES string of the molecule is CC(C)C[C@@H]1OC(=O)C(C)(C)CNC(=O)[C@@H]([C@H](C)O)NC(=O)/C=C/C[C@@H]([C@H](C)[C@H]2O[C@H]2c2ccccc2)OC1=O. The van der Waals surface area contributed by atoms with Crippen LogP contribution in [0, 0.1) is 17.3 Å². The van der Waals surface area contributed by atoms with Crippen LogP contribution in [0.1, 0.15) is 66.1 Å². The van der Waals surface area contributed by atoms with E-state index < -0.39 is 53.5 Å². The molecule has 3 rings (SSSR count). The standard InChI is InChI=1S/C30H42N2O8/c1-17(2)15-22-28(36)38-21(18(3)25-26(40-25)20-11-8-7-9-12-20)13-10-14-23(34)32-24(19(4)33)27(35)31-16-30(5,6)29(37)39-22/h7-12,14,17-19,21-22,24-26,33H,13,15-16H2,1-6H3,(H,31,35)(H,32,34)/b14-10+/t18-,19-,21-,22-,24+,25+,26-/m0/s1. The van der Waals surface area contributed by atoms with Gasteiger partial charge in [0, 0.05) is 18.9 Å². The third kappa shape index (κ3) is 8.38. The molecule has 2 aliphatic rings. The molecule has 7 atom stereocenters. The molecule has 1 fully saturated rings. The minimum Gasteiger partial charge on any atom is -0.459 e. The summed E-state index contributed by atoms with van der Waals surface area (Å²) in [5.41, 5.74) is -0.183. The Labute approximate surface area is 235 Å². The van der Waals surface area contributed by atoms with E-state index >= 15 is 0 Å². The maximum Gasteiger partial charge on any atom is 0.347 e. The van der Waals surface area contributed by atoms with Crippen molar-refractivity contribution in [1.82, 2.24) is 10.6 Å². The average molecular weight is 559 g/mol. The average Bonchev–Trinajstić information content (AvgIpc) is 3.69. The van der Waals surface area contributed by atoms with Crippen molar-refractivity contribution < 1.29 is 38.5 Å². The zero-order valence-corrected chi connectivity index (χ0v) is 24.1. The highest BCUT2D eigenvalue weighted by Gasteiger charge is 2.48. The molecule has 0 radical (unpaired) electrons. The summed E-state index contributed by atoms with van der Waals surface area (Å²) in [6.07, 6.45) is -0.117. The lowest BCUT2D eigenvalue weighted by molar-refractivity contribution is -0.179. The van der Waals surface area contributed by atoms with E-state index in [0.717, 1.165) is 5.56 Å². The normalized spacial score (nSPS) is 30.4. The fourth-order valence-corrected chi connectivity index (χ4v) is 4.56. The van der Waals surface area contributed by atoms with Crippen LogP contribution in [-0.4, -0.2) is 65.9 Å². The topological polar surface area (TPSA) is 144 Å². The lowest BCUT2D eigenvalue weighted by atomic mass is 9.92. The Kier molecular flexibility index (Phi) is 10.5. The van der Waals surface area contributed by atoms with Crippen molar-refractivity contribution in [3.05, 3.63) is 48.0 Å². The second kappa shape index (κ2) is 13.4. The number of hydrogen-bond acceptors (Lipinski definition) is 8. The first kappa shape index (κ1) is 31.3. The highest BCUT2D eigenvalue weighted by atomic mass is 16.6. The number of carbonyl (C=O) groups excluding carboxylic acids is 4. The summed E-state index contributed by atoms with van der Waals surface area (Å²) in [6.45, 7) is 10.1. The van der Waals surface area contributed by atoms with Gasteiger partial charge in [-0.3, -0.25) is 14.4 Å². The number of cyclic esters (lactones) is 2. The van der Waals surface area contributed by atoms with Gasteiger partial charge in [0.1, 0.15) is 18.2 Å². The van der Waals surface area contributed by atoms with Crippen molar-refractivity contribution in [3.63, 3.8) is 0 Å². The number of ether oxygens (including phenoxy) is 3. The summed E-state index contributed by atoms with van der Waals surface area (Å²) in [4.78, 5) is 51.9. The molecule has 220 valence electrons. The van der Waals surface area contributed by atoms with Crippen molar-refractivity contribution in [2.24, 2.45) is 17.3 Å². The van der Waals surface area contributed by atoms with E-state index in [2.05, 4.69) is 10.6 Å². The fourth-order valence-electron chi connectivity index (χ4n) is 4.56. The smallest absolute Gasteiger partial charge is 0.347 e. The fraction of sp³-hybridized carbons (Fsp3) is 0.600. The van der Waals surface area contributed by atoms with Gasteiger partial charge in [0.05, 0.1) is 17.6 Å². The van der Waals surface area contributed by atoms with Crippen LogP contribution in [0.3, 0.4) is 0 Å². The van der Waals surface area contributed by atoms with Gasteiger partial charge in [0.15, 0.2) is 6.10 Å². The quantitative estimate of drug-likeness (QED) is 0.357. The largest absolute Gasteiger partial charge is 0.459 e. The van der Waals surface area contributed by atoms with Crippen molar-refractivity contribution in [2.45, 2.75) is 90.9 Å². The van der Waals surface area contributed by atoms with Crippen molar-refractivity contribution in [3.8, 4) is 0 Å². The Hall–Kier alpha value is -3.24. The minimum absolute atomic E-state index is 0.0271. The first-order chi connectivity index (χ1) is 18.8. The number of rotatable bonds is 6. The highest BCUT2D eigenvalue weighted by Crippen LogP contribution is 2.45. The number of aliphatic hydroxyl groups excluding tert-OH is 1. The summed E-state index contributed by atoms with van der Waals surface area (Å²) < 4.78 is 17.6. The molecular formula is C30H42N2O8. The number of carbonyl (C=O) groups is 4. The lowest BCUT2D eigenvalue weighted by Gasteiger charge is -2.29. The number of esters is 2. The molecule has 0 spiro atoms. The Morgan fingerprint density at radius 2 is 1.70 bits per heavy atom. The van der Waals surface area contributed by atoms with Crippen LogP contribution in [0.5, 0.6) is 0 Å². The molecule has 10 nitrogen and oxygen atoms in total. The van der Waals surface area contributed by atoms with E-state index in [4.69, 9.17) is 14.2 Å². The maximum atomic E-state index is 13.4. The van der Waals surface area contributed by atoms with E-state index in [1.807, 2.05) is 51.1 Å². The minimum atomic E-state index is -1.23. The number of epoxide rings is 1. The summed E-state index contributed by atoms with van der Waals surface area (Å²) in [5, 5.41) is 15.2. The van der Waals surface area contributed by atoms with Crippen LogP contribution < -0.4 is 10.6 Å². The summed E-state index contributed by atoms with van der Waals surface area (Å²) in [6, 6.07) is 8.50. The van der Waals surface area contributed by atoms with Gasteiger partial charge in [-0.15, -0.1) is 0 Å². The predicted molar refractivity (Wildman–Crippen MR) is 147 cm³/mol. The number of nitrogens with one attached hydrogen (secondary N) is 2. The van der Waals surface area contributed by atoms with Crippen molar-refractivity contribution in [1.29, 1.82) is 0 Å². The summed E-state index contributed by atoms with van der Waals surface area (Å²) in [7, 11) is 0. The molecule has 0 saturated carbocycles. The Morgan fingerprint density at radius 1 is 1.02 bits per heavy atom. The van der Waals surface area contributed by atoms with Gasteiger partial charge in [-0.2, -0.15) is 0 Å². The van der Waals surface area contributed by atoms with E-state index in [1.165, 1.54) is 13.0 Å². The molecule has 1 aromatic rings. The van der Waals surface area contributed by atoms with Crippen molar-refractivity contribution in [2.75, 3.05) is 6.54 Å². The Balaban J connectivity index is 1.89. The molecule has 0 aromatic heterocycles. The molecule has 0 unspecified atom stereocenters. The van der Waals surface area contributed by atoms with E-state index in [1.54, 1.807) is 19.9 Å². The summed E-state index contributed by atoms with van der Waals surface area (Å²) >= 11 is 0. The maximum absolute atomic E-state index is 13.4. The molecule has 2 aliphatic heterocycles. The monoisotopic (exact) mass is 558 g/mol. The van der Waals surface area contributed by atoms with Crippen LogP contribution in [0.2, 0.25) is 0 Å². The molecule has 2 amide bonds. The molecule has 2 heterocycles. The lowest BCUT2D eigenvalue weighted by Crippen LogP contribution is -2.54. The molecule has 0 bridgehead atoms. The number of amides is 2. The number of hydrogen-bond donors (Lipinski definition) is 3. The van der Waals surface area contributed by atoms with E-state index in [9.17, 15) is 24.3 Å². The number of benzene rings is 1. The van der Waals surface area contributed by atoms with Crippen LogP contribution in [-0.2, 0) is 33.4 Å². The predicted octanol–water partition coefficient (Wildman–Crippen LogP) is 2.60. The van der Waals surface area contributed by atoms with Gasteiger partial charge < -0.3 is 30.0 Å².